The van der Waals surface area contributed by atoms with Gasteiger partial charge in [-0.3, -0.25) is 0 Å². The molecule has 1 N–H and O–H groups in total. The number of thioether (sulfide) groups is 1. The number of methoxy groups -OCH3 is 1. The Morgan fingerprint density at radius 1 is 1.32 bits per heavy atom. The Balaban J connectivity index is 1.96. The lowest BCUT2D eigenvalue weighted by atomic mass is 10.3. The lowest BCUT2D eigenvalue weighted by Gasteiger charge is -2.03. The summed E-state index contributed by atoms with van der Waals surface area (Å²) in [7, 11) is 1.68. The van der Waals surface area contributed by atoms with E-state index in [2.05, 4.69) is 24.0 Å². The summed E-state index contributed by atoms with van der Waals surface area (Å²) in [5.41, 5.74) is 0. The third-order valence-electron chi connectivity index (χ3n) is 2.37. The van der Waals surface area contributed by atoms with Crippen LogP contribution in [0.15, 0.2) is 41.3 Å². The number of benzene rings is 1. The lowest BCUT2D eigenvalue weighted by Crippen LogP contribution is -1.82. The maximum Gasteiger partial charge on any atom is 0.119 e. The molecule has 0 atom stereocenters. The van der Waals surface area contributed by atoms with Crippen LogP contribution in [-0.4, -0.2) is 18.8 Å². The second kappa shape index (κ2) is 7.25. The van der Waals surface area contributed by atoms with E-state index in [1.807, 2.05) is 24.3 Å². The van der Waals surface area contributed by atoms with Gasteiger partial charge in [-0.05, 0) is 30.3 Å². The average Bonchev–Trinajstić information content (AvgIpc) is 2.91. The molecule has 19 heavy (non-hydrogen) atoms. The fourth-order valence-corrected chi connectivity index (χ4v) is 3.36. The number of hydrogen-bond acceptors (Lipinski definition) is 4. The van der Waals surface area contributed by atoms with E-state index in [0.717, 1.165) is 16.4 Å². The Hall–Kier alpha value is -1.41. The molecule has 0 aliphatic heterocycles. The number of hydrogen-bond donors (Lipinski definition) is 1. The molecule has 2 aromatic rings. The Labute approximate surface area is 121 Å². The van der Waals surface area contributed by atoms with Crippen LogP contribution in [0.4, 0.5) is 0 Å². The van der Waals surface area contributed by atoms with E-state index >= 15 is 0 Å². The van der Waals surface area contributed by atoms with Gasteiger partial charge in [0.25, 0.3) is 0 Å². The molecule has 2 rings (SSSR count). The Kier molecular flexibility index (Phi) is 5.34. The molecule has 0 amide bonds. The molecule has 1 aromatic heterocycles. The predicted octanol–water partition coefficient (Wildman–Crippen LogP) is 3.39. The van der Waals surface area contributed by atoms with E-state index in [9.17, 15) is 0 Å². The molecule has 0 saturated heterocycles. The van der Waals surface area contributed by atoms with Crippen molar-refractivity contribution in [3.05, 3.63) is 46.2 Å². The fourth-order valence-electron chi connectivity index (χ4n) is 1.49. The van der Waals surface area contributed by atoms with Gasteiger partial charge in [-0.25, -0.2) is 0 Å². The lowest BCUT2D eigenvalue weighted by molar-refractivity contribution is 0.350. The minimum atomic E-state index is -0.0915. The monoisotopic (exact) mass is 290 g/mol. The third-order valence-corrected chi connectivity index (χ3v) is 4.60. The van der Waals surface area contributed by atoms with Crippen molar-refractivity contribution in [3.8, 4) is 17.6 Å². The summed E-state index contributed by atoms with van der Waals surface area (Å²) in [5.74, 6) is 7.38. The van der Waals surface area contributed by atoms with Gasteiger partial charge < -0.3 is 9.84 Å². The van der Waals surface area contributed by atoms with Gasteiger partial charge in [0.1, 0.15) is 12.4 Å². The number of rotatable bonds is 4. The molecule has 0 bridgehead atoms. The summed E-state index contributed by atoms with van der Waals surface area (Å²) in [6.07, 6.45) is 0. The standard InChI is InChI=1S/C15H14O2S2/c1-17-12-4-2-5-14(10-12)18-11-15-8-7-13(19-15)6-3-9-16/h2,4-5,7-8,10,16H,9,11H2,1H3. The maximum absolute atomic E-state index is 8.65. The molecule has 0 fully saturated rings. The van der Waals surface area contributed by atoms with Crippen LogP contribution in [0, 0.1) is 11.8 Å². The van der Waals surface area contributed by atoms with Crippen molar-refractivity contribution in [2.75, 3.05) is 13.7 Å². The second-order valence-electron chi connectivity index (χ2n) is 3.69. The first-order valence-electron chi connectivity index (χ1n) is 5.77. The van der Waals surface area contributed by atoms with Crippen LogP contribution < -0.4 is 4.74 Å². The van der Waals surface area contributed by atoms with Gasteiger partial charge in [0.2, 0.25) is 0 Å². The topological polar surface area (TPSA) is 29.5 Å². The van der Waals surface area contributed by atoms with Crippen LogP contribution in [0.1, 0.15) is 9.75 Å². The first kappa shape index (κ1) is 14.0. The van der Waals surface area contributed by atoms with E-state index in [0.29, 0.717) is 0 Å². The maximum atomic E-state index is 8.65. The molecule has 4 heteroatoms. The summed E-state index contributed by atoms with van der Waals surface area (Å²) < 4.78 is 5.20. The minimum Gasteiger partial charge on any atom is -0.497 e. The first-order chi connectivity index (χ1) is 9.31. The quantitative estimate of drug-likeness (QED) is 0.691. The molecule has 0 unspecified atom stereocenters. The van der Waals surface area contributed by atoms with Crippen LogP contribution in [0.25, 0.3) is 0 Å². The zero-order valence-corrected chi connectivity index (χ0v) is 12.2. The fraction of sp³-hybridized carbons (Fsp3) is 0.200. The Morgan fingerprint density at radius 3 is 3.00 bits per heavy atom. The molecule has 0 aliphatic carbocycles. The molecule has 0 saturated carbocycles. The van der Waals surface area contributed by atoms with E-state index in [4.69, 9.17) is 9.84 Å². The SMILES string of the molecule is COc1cccc(SCc2ccc(C#CCO)s2)c1. The van der Waals surface area contributed by atoms with Crippen molar-refractivity contribution in [1.29, 1.82) is 0 Å². The van der Waals surface area contributed by atoms with Gasteiger partial charge in [-0.2, -0.15) is 0 Å². The van der Waals surface area contributed by atoms with Crippen molar-refractivity contribution in [1.82, 2.24) is 0 Å². The summed E-state index contributed by atoms with van der Waals surface area (Å²) in [5, 5.41) is 8.65. The predicted molar refractivity (Wildman–Crippen MR) is 80.8 cm³/mol. The van der Waals surface area contributed by atoms with Crippen molar-refractivity contribution >= 4 is 23.1 Å². The average molecular weight is 290 g/mol. The van der Waals surface area contributed by atoms with Crippen LogP contribution in [-0.2, 0) is 5.75 Å². The number of aliphatic hydroxyl groups is 1. The van der Waals surface area contributed by atoms with Crippen LogP contribution >= 0.6 is 23.1 Å². The van der Waals surface area contributed by atoms with Gasteiger partial charge in [0.05, 0.1) is 12.0 Å². The highest BCUT2D eigenvalue weighted by molar-refractivity contribution is 7.98. The number of ether oxygens (including phenoxy) is 1. The van der Waals surface area contributed by atoms with Crippen molar-refractivity contribution in [3.63, 3.8) is 0 Å². The first-order valence-corrected chi connectivity index (χ1v) is 7.57. The van der Waals surface area contributed by atoms with Crippen LogP contribution in [0.3, 0.4) is 0 Å². The molecule has 1 aromatic carbocycles. The summed E-state index contributed by atoms with van der Waals surface area (Å²) >= 11 is 3.44. The molecule has 1 heterocycles. The molecule has 2 nitrogen and oxygen atoms in total. The van der Waals surface area contributed by atoms with Crippen molar-refractivity contribution < 1.29 is 9.84 Å². The van der Waals surface area contributed by atoms with E-state index in [1.165, 1.54) is 9.77 Å². The van der Waals surface area contributed by atoms with Gasteiger partial charge in [-0.1, -0.05) is 17.9 Å². The van der Waals surface area contributed by atoms with E-state index in [1.54, 1.807) is 30.2 Å². The van der Waals surface area contributed by atoms with Crippen LogP contribution in [0.2, 0.25) is 0 Å². The Bertz CT molecular complexity index is 593. The van der Waals surface area contributed by atoms with Gasteiger partial charge in [0, 0.05) is 15.5 Å². The smallest absolute Gasteiger partial charge is 0.119 e. The van der Waals surface area contributed by atoms with E-state index in [-0.39, 0.29) is 6.61 Å². The highest BCUT2D eigenvalue weighted by Crippen LogP contribution is 2.28. The highest BCUT2D eigenvalue weighted by Gasteiger charge is 2.01. The zero-order valence-electron chi connectivity index (χ0n) is 10.6. The number of aliphatic hydroxyl groups excluding tert-OH is 1. The largest absolute Gasteiger partial charge is 0.497 e. The molecular weight excluding hydrogens is 276 g/mol. The summed E-state index contributed by atoms with van der Waals surface area (Å²) in [4.78, 5) is 3.46. The van der Waals surface area contributed by atoms with Crippen molar-refractivity contribution in [2.24, 2.45) is 0 Å². The van der Waals surface area contributed by atoms with Crippen LogP contribution in [0.5, 0.6) is 5.75 Å². The highest BCUT2D eigenvalue weighted by atomic mass is 32.2. The summed E-state index contributed by atoms with van der Waals surface area (Å²) in [6, 6.07) is 12.1. The summed E-state index contributed by atoms with van der Waals surface area (Å²) in [6.45, 7) is -0.0915. The zero-order chi connectivity index (χ0) is 13.5. The van der Waals surface area contributed by atoms with Gasteiger partial charge >= 0.3 is 0 Å². The van der Waals surface area contributed by atoms with E-state index < -0.39 is 0 Å². The Morgan fingerprint density at radius 2 is 2.21 bits per heavy atom. The molecule has 0 radical (unpaired) electrons. The van der Waals surface area contributed by atoms with Gasteiger partial charge in [-0.15, -0.1) is 23.1 Å². The molecular formula is C15H14O2S2. The molecule has 0 aliphatic rings. The molecule has 98 valence electrons. The van der Waals surface area contributed by atoms with Gasteiger partial charge in [0.15, 0.2) is 0 Å². The second-order valence-corrected chi connectivity index (χ2v) is 5.91. The van der Waals surface area contributed by atoms with Crippen molar-refractivity contribution in [2.45, 2.75) is 10.6 Å². The number of thiophene rings is 1. The third kappa shape index (κ3) is 4.32. The molecule has 0 spiro atoms. The minimum absolute atomic E-state index is 0.0915. The normalized spacial score (nSPS) is 9.79.